The fourth-order valence-corrected chi connectivity index (χ4v) is 4.86. The smallest absolute Gasteiger partial charge is 0.195 e. The Hall–Kier alpha value is -3.51. The van der Waals surface area contributed by atoms with Gasteiger partial charge >= 0.3 is 0 Å². The summed E-state index contributed by atoms with van der Waals surface area (Å²) in [7, 11) is 1.56. The quantitative estimate of drug-likeness (QED) is 0.280. The number of aromatic nitrogens is 2. The molecule has 0 spiro atoms. The molecule has 40 heavy (non-hydrogen) atoms. The number of carbonyl (C=O) groups is 1. The zero-order valence-electron chi connectivity index (χ0n) is 22.5. The zero-order chi connectivity index (χ0) is 28.1. The van der Waals surface area contributed by atoms with Gasteiger partial charge in [-0.3, -0.25) is 9.69 Å². The Kier molecular flexibility index (Phi) is 8.95. The van der Waals surface area contributed by atoms with Crippen molar-refractivity contribution in [2.24, 2.45) is 0 Å². The van der Waals surface area contributed by atoms with E-state index >= 15 is 0 Å². The van der Waals surface area contributed by atoms with E-state index in [-0.39, 0.29) is 37.6 Å². The molecule has 2 fully saturated rings. The van der Waals surface area contributed by atoms with Crippen LogP contribution in [0.5, 0.6) is 5.75 Å². The van der Waals surface area contributed by atoms with E-state index in [2.05, 4.69) is 15.3 Å². The van der Waals surface area contributed by atoms with Crippen LogP contribution in [0.25, 0.3) is 10.9 Å². The third-order valence-electron chi connectivity index (χ3n) is 6.97. The van der Waals surface area contributed by atoms with Gasteiger partial charge in [-0.15, -0.1) is 0 Å². The van der Waals surface area contributed by atoms with E-state index in [0.717, 1.165) is 0 Å². The van der Waals surface area contributed by atoms with Crippen LogP contribution < -0.4 is 10.1 Å². The second kappa shape index (κ2) is 12.8. The van der Waals surface area contributed by atoms with Gasteiger partial charge in [0.05, 0.1) is 37.5 Å². The molecule has 0 aliphatic carbocycles. The second-order valence-electron chi connectivity index (χ2n) is 9.82. The third kappa shape index (κ3) is 6.61. The van der Waals surface area contributed by atoms with Gasteiger partial charge in [0.25, 0.3) is 0 Å². The molecule has 5 rings (SSSR count). The lowest BCUT2D eigenvalue weighted by molar-refractivity contribution is -0.116. The van der Waals surface area contributed by atoms with E-state index < -0.39 is 11.6 Å². The number of carbonyl (C=O) groups excluding carboxylic acids is 1. The number of fused-ring (bicyclic) bond motifs is 2. The molecule has 3 heterocycles. The molecule has 9 nitrogen and oxygen atoms in total. The highest BCUT2D eigenvalue weighted by Gasteiger charge is 2.36. The highest BCUT2D eigenvalue weighted by Crippen LogP contribution is 2.31. The van der Waals surface area contributed by atoms with Crippen molar-refractivity contribution in [2.45, 2.75) is 25.6 Å². The topological polar surface area (TPSA) is 95.0 Å². The van der Waals surface area contributed by atoms with Crippen molar-refractivity contribution >= 4 is 28.2 Å². The predicted molar refractivity (Wildman–Crippen MR) is 145 cm³/mol. The predicted octanol–water partition coefficient (Wildman–Crippen LogP) is 3.91. The van der Waals surface area contributed by atoms with Gasteiger partial charge < -0.3 is 24.3 Å². The van der Waals surface area contributed by atoms with Gasteiger partial charge in [-0.25, -0.2) is 18.7 Å². The number of anilines is 2. The second-order valence-corrected chi connectivity index (χ2v) is 9.82. The van der Waals surface area contributed by atoms with Crippen LogP contribution in [0.3, 0.4) is 0 Å². The minimum atomic E-state index is -0.816. The average molecular weight is 555 g/mol. The summed E-state index contributed by atoms with van der Waals surface area (Å²) in [5, 5.41) is 3.79. The number of aryl methyl sites for hydroxylation is 1. The number of methoxy groups -OCH3 is 1. The number of ketones is 1. The summed E-state index contributed by atoms with van der Waals surface area (Å²) in [5.41, 5.74) is 2.18. The number of nitrogens with one attached hydrogen (secondary N) is 1. The monoisotopic (exact) mass is 554 g/mol. The molecule has 11 heteroatoms. The first-order valence-corrected chi connectivity index (χ1v) is 13.2. The Bertz CT molecular complexity index is 1390. The van der Waals surface area contributed by atoms with Gasteiger partial charge in [-0.05, 0) is 42.8 Å². The summed E-state index contributed by atoms with van der Waals surface area (Å²) in [5.74, 6) is -0.920. The lowest BCUT2D eigenvalue weighted by atomic mass is 10.0. The van der Waals surface area contributed by atoms with Crippen molar-refractivity contribution in [2.75, 3.05) is 58.5 Å². The van der Waals surface area contributed by atoms with Gasteiger partial charge in [0.1, 0.15) is 30.3 Å². The van der Waals surface area contributed by atoms with Crippen LogP contribution in [0.4, 0.5) is 20.3 Å². The fraction of sp³-hybridized carbons (Fsp3) is 0.414. The van der Waals surface area contributed by atoms with Crippen LogP contribution >= 0.6 is 0 Å². The Morgan fingerprint density at radius 2 is 1.93 bits per heavy atom. The van der Waals surface area contributed by atoms with Crippen molar-refractivity contribution in [3.63, 3.8) is 0 Å². The van der Waals surface area contributed by atoms with Crippen LogP contribution in [-0.4, -0.2) is 86.0 Å². The molecule has 2 aliphatic heterocycles. The molecular formula is C29H32F2N4O5. The van der Waals surface area contributed by atoms with Gasteiger partial charge in [0.2, 0.25) is 0 Å². The molecule has 0 radical (unpaired) electrons. The summed E-state index contributed by atoms with van der Waals surface area (Å²) in [6.07, 6.45) is 2.45. The van der Waals surface area contributed by atoms with Crippen molar-refractivity contribution in [1.82, 2.24) is 14.9 Å². The number of nitrogens with zero attached hydrogens (tertiary/aromatic N) is 3. The van der Waals surface area contributed by atoms with Crippen LogP contribution in [0.1, 0.15) is 11.1 Å². The van der Waals surface area contributed by atoms with Gasteiger partial charge in [0, 0.05) is 55.9 Å². The number of hydrogen-bond acceptors (Lipinski definition) is 9. The van der Waals surface area contributed by atoms with Gasteiger partial charge in [-0.2, -0.15) is 0 Å². The highest BCUT2D eigenvalue weighted by molar-refractivity contribution is 5.97. The maximum atomic E-state index is 15.0. The molecule has 2 aliphatic rings. The Morgan fingerprint density at radius 3 is 2.65 bits per heavy atom. The number of rotatable bonds is 11. The number of Topliss-reactive ketones (excluding diaryl/α,β-unsaturated/α-hetero) is 1. The first kappa shape index (κ1) is 28.0. The number of halogens is 2. The van der Waals surface area contributed by atoms with E-state index in [1.807, 2.05) is 4.90 Å². The molecule has 1 aromatic heterocycles. The van der Waals surface area contributed by atoms with Gasteiger partial charge in [0.15, 0.2) is 11.6 Å². The first-order valence-electron chi connectivity index (χ1n) is 13.2. The summed E-state index contributed by atoms with van der Waals surface area (Å²) in [6.45, 7) is 4.92. The number of hydrogen-bond donors (Lipinski definition) is 1. The van der Waals surface area contributed by atoms with Gasteiger partial charge in [-0.1, -0.05) is 0 Å². The standard InChI is InChI=1S/C29H32F2N4O5/c1-18-11-20(3-4-22(18)30)34-29-21-12-19(26(38-8-7-37-2)14-24(21)32-17-33-29)13-25(36)23(31)5-6-35-15-27-28(16-35)40-10-9-39-27/h3-5,11-12,14,17,27-28H,6-10,13,15-16H2,1-2H3,(H,32,33,34)/b23-5-/t27-,28-/m0/s1. The lowest BCUT2D eigenvalue weighted by Gasteiger charge is -2.24. The van der Waals surface area contributed by atoms with Crippen LogP contribution in [0.15, 0.2) is 48.6 Å². The zero-order valence-corrected chi connectivity index (χ0v) is 22.5. The average Bonchev–Trinajstić information content (AvgIpc) is 3.37. The Morgan fingerprint density at radius 1 is 1.15 bits per heavy atom. The molecule has 0 unspecified atom stereocenters. The molecule has 0 saturated carbocycles. The van der Waals surface area contributed by atoms with E-state index in [9.17, 15) is 13.6 Å². The number of likely N-dealkylation sites (tertiary alicyclic amines) is 1. The van der Waals surface area contributed by atoms with E-state index in [0.29, 0.717) is 72.2 Å². The van der Waals surface area contributed by atoms with Crippen molar-refractivity contribution < 1.29 is 32.5 Å². The molecular weight excluding hydrogens is 522 g/mol. The van der Waals surface area contributed by atoms with Crippen molar-refractivity contribution in [3.05, 3.63) is 65.5 Å². The normalized spacial score (nSPS) is 19.6. The molecule has 2 atom stereocenters. The SMILES string of the molecule is COCCOc1cc2ncnc(Nc3ccc(F)c(C)c3)c2cc1CC(=O)/C(F)=C/CN1C[C@@H]2OCCO[C@H]2C1. The molecule has 0 bridgehead atoms. The van der Waals surface area contributed by atoms with Crippen molar-refractivity contribution in [1.29, 1.82) is 0 Å². The summed E-state index contributed by atoms with van der Waals surface area (Å²) in [4.78, 5) is 23.7. The van der Waals surface area contributed by atoms with Crippen molar-refractivity contribution in [3.8, 4) is 5.75 Å². The number of allylic oxidation sites excluding steroid dienone is 1. The first-order chi connectivity index (χ1) is 19.4. The van der Waals surface area contributed by atoms with Crippen LogP contribution in [-0.2, 0) is 25.4 Å². The van der Waals surface area contributed by atoms with Crippen LogP contribution in [0.2, 0.25) is 0 Å². The minimum Gasteiger partial charge on any atom is -0.491 e. The number of ether oxygens (including phenoxy) is 4. The molecule has 212 valence electrons. The lowest BCUT2D eigenvalue weighted by Crippen LogP contribution is -2.36. The van der Waals surface area contributed by atoms with E-state index in [4.69, 9.17) is 18.9 Å². The maximum absolute atomic E-state index is 15.0. The van der Waals surface area contributed by atoms with E-state index in [1.165, 1.54) is 18.5 Å². The highest BCUT2D eigenvalue weighted by atomic mass is 19.1. The summed E-state index contributed by atoms with van der Waals surface area (Å²) in [6, 6.07) is 8.07. The van der Waals surface area contributed by atoms with E-state index in [1.54, 1.807) is 38.3 Å². The third-order valence-corrected chi connectivity index (χ3v) is 6.97. The maximum Gasteiger partial charge on any atom is 0.195 e. The Labute approximate surface area is 231 Å². The summed E-state index contributed by atoms with van der Waals surface area (Å²) >= 11 is 0. The molecule has 2 aromatic carbocycles. The number of benzene rings is 2. The molecule has 3 aromatic rings. The fourth-order valence-electron chi connectivity index (χ4n) is 4.86. The van der Waals surface area contributed by atoms with Crippen LogP contribution in [0, 0.1) is 12.7 Å². The molecule has 1 N–H and O–H groups in total. The summed E-state index contributed by atoms with van der Waals surface area (Å²) < 4.78 is 51.1. The minimum absolute atomic E-state index is 0.0193. The largest absolute Gasteiger partial charge is 0.491 e. The molecule has 0 amide bonds. The Balaban J connectivity index is 1.36. The molecule has 2 saturated heterocycles.